The van der Waals surface area contributed by atoms with Gasteiger partial charge in [-0.15, -0.1) is 11.3 Å². The first-order valence-electron chi connectivity index (χ1n) is 16.0. The fourth-order valence-electron chi connectivity index (χ4n) is 5.60. The van der Waals surface area contributed by atoms with Crippen LogP contribution in [0, 0.1) is 0 Å². The molecule has 1 fully saturated rings. The fourth-order valence-corrected chi connectivity index (χ4v) is 6.93. The SMILES string of the molecule is COc1c(NC(=O)Nc2ccc(Oc3ccnc(-c4nc(CN5CCOCC5)cs4)c3)c3ccccc23)cc(C(C)(C)C)cc1NS(C)(=O)=O. The number of hydrogen-bond acceptors (Lipinski definition) is 10. The number of nitrogens with one attached hydrogen (secondary N) is 3. The van der Waals surface area contributed by atoms with Gasteiger partial charge in [-0.25, -0.2) is 18.2 Å². The fraction of sp³-hybridized carbons (Fsp3) is 0.306. The lowest BCUT2D eigenvalue weighted by atomic mass is 9.86. The zero-order chi connectivity index (χ0) is 35.5. The number of anilines is 3. The Balaban J connectivity index is 1.21. The summed E-state index contributed by atoms with van der Waals surface area (Å²) in [7, 11) is -2.20. The first kappa shape index (κ1) is 35.1. The molecule has 0 aliphatic carbocycles. The molecule has 1 saturated heterocycles. The molecule has 0 spiro atoms. The number of methoxy groups -OCH3 is 1. The summed E-state index contributed by atoms with van der Waals surface area (Å²) >= 11 is 1.55. The van der Waals surface area contributed by atoms with Gasteiger partial charge in [-0.1, -0.05) is 45.0 Å². The Labute approximate surface area is 295 Å². The summed E-state index contributed by atoms with van der Waals surface area (Å²) in [6.45, 7) is 10.0. The number of benzene rings is 3. The summed E-state index contributed by atoms with van der Waals surface area (Å²) < 4.78 is 44.2. The average molecular weight is 717 g/mol. The van der Waals surface area contributed by atoms with Crippen molar-refractivity contribution in [1.82, 2.24) is 14.9 Å². The van der Waals surface area contributed by atoms with Gasteiger partial charge in [0.1, 0.15) is 22.2 Å². The summed E-state index contributed by atoms with van der Waals surface area (Å²) in [5.74, 6) is 1.40. The van der Waals surface area contributed by atoms with E-state index >= 15 is 0 Å². The highest BCUT2D eigenvalue weighted by molar-refractivity contribution is 7.92. The van der Waals surface area contributed by atoms with E-state index in [0.29, 0.717) is 22.9 Å². The molecule has 1 aliphatic heterocycles. The lowest BCUT2D eigenvalue weighted by molar-refractivity contribution is 0.0337. The van der Waals surface area contributed by atoms with E-state index in [9.17, 15) is 13.2 Å². The van der Waals surface area contributed by atoms with Crippen LogP contribution in [0.15, 0.2) is 72.2 Å². The van der Waals surface area contributed by atoms with Gasteiger partial charge >= 0.3 is 6.03 Å². The molecule has 0 atom stereocenters. The number of aromatic nitrogens is 2. The number of urea groups is 1. The van der Waals surface area contributed by atoms with E-state index in [1.165, 1.54) is 7.11 Å². The van der Waals surface area contributed by atoms with Crippen LogP contribution in [0.2, 0.25) is 0 Å². The minimum Gasteiger partial charge on any atom is -0.492 e. The number of fused-ring (bicyclic) bond motifs is 1. The number of carbonyl (C=O) groups excluding carboxylic acids is 1. The number of amides is 2. The predicted molar refractivity (Wildman–Crippen MR) is 198 cm³/mol. The number of morpholine rings is 1. The number of thiazole rings is 1. The van der Waals surface area contributed by atoms with Gasteiger partial charge in [0.2, 0.25) is 10.0 Å². The van der Waals surface area contributed by atoms with Crippen molar-refractivity contribution in [2.24, 2.45) is 0 Å². The number of sulfonamides is 1. The molecule has 3 aromatic carbocycles. The van der Waals surface area contributed by atoms with Gasteiger partial charge in [0, 0.05) is 48.0 Å². The van der Waals surface area contributed by atoms with Gasteiger partial charge in [-0.2, -0.15) is 0 Å². The molecular formula is C36H40N6O6S2. The van der Waals surface area contributed by atoms with Gasteiger partial charge in [0.25, 0.3) is 0 Å². The molecule has 14 heteroatoms. The number of rotatable bonds is 10. The smallest absolute Gasteiger partial charge is 0.323 e. The van der Waals surface area contributed by atoms with Crippen molar-refractivity contribution in [2.45, 2.75) is 32.7 Å². The van der Waals surface area contributed by atoms with Crippen molar-refractivity contribution in [1.29, 1.82) is 0 Å². The average Bonchev–Trinajstić information content (AvgIpc) is 3.54. The molecule has 12 nitrogen and oxygen atoms in total. The Morgan fingerprint density at radius 1 is 0.980 bits per heavy atom. The molecule has 2 aromatic heterocycles. The second kappa shape index (κ2) is 14.6. The Morgan fingerprint density at radius 2 is 1.70 bits per heavy atom. The van der Waals surface area contributed by atoms with E-state index in [1.54, 1.807) is 47.9 Å². The van der Waals surface area contributed by atoms with E-state index in [-0.39, 0.29) is 16.9 Å². The maximum absolute atomic E-state index is 13.4. The van der Waals surface area contributed by atoms with Crippen LogP contribution >= 0.6 is 11.3 Å². The minimum absolute atomic E-state index is 0.190. The summed E-state index contributed by atoms with van der Waals surface area (Å²) in [6, 6.07) is 17.8. The molecule has 2 amide bonds. The van der Waals surface area contributed by atoms with Crippen LogP contribution in [0.25, 0.3) is 21.5 Å². The Hall–Kier alpha value is -4.76. The third kappa shape index (κ3) is 8.51. The van der Waals surface area contributed by atoms with E-state index in [4.69, 9.17) is 19.2 Å². The van der Waals surface area contributed by atoms with Crippen LogP contribution in [0.3, 0.4) is 0 Å². The van der Waals surface area contributed by atoms with Crippen LogP contribution < -0.4 is 24.8 Å². The Morgan fingerprint density at radius 3 is 2.42 bits per heavy atom. The third-order valence-electron chi connectivity index (χ3n) is 8.05. The van der Waals surface area contributed by atoms with Crippen LogP contribution in [0.4, 0.5) is 21.9 Å². The first-order chi connectivity index (χ1) is 23.9. The maximum atomic E-state index is 13.4. The van der Waals surface area contributed by atoms with Crippen molar-refractivity contribution >= 4 is 55.2 Å². The monoisotopic (exact) mass is 716 g/mol. The van der Waals surface area contributed by atoms with Crippen molar-refractivity contribution in [3.8, 4) is 28.0 Å². The zero-order valence-corrected chi connectivity index (χ0v) is 30.2. The van der Waals surface area contributed by atoms with Crippen molar-refractivity contribution in [2.75, 3.05) is 55.0 Å². The summed E-state index contributed by atoms with van der Waals surface area (Å²) in [4.78, 5) is 25.1. The van der Waals surface area contributed by atoms with Crippen molar-refractivity contribution < 1.29 is 27.4 Å². The van der Waals surface area contributed by atoms with Crippen LogP contribution in [0.5, 0.6) is 17.2 Å². The molecule has 1 aliphatic rings. The number of carbonyl (C=O) groups is 1. The predicted octanol–water partition coefficient (Wildman–Crippen LogP) is 7.30. The lowest BCUT2D eigenvalue weighted by Gasteiger charge is -2.25. The van der Waals surface area contributed by atoms with E-state index in [1.807, 2.05) is 51.1 Å². The standard InChI is InChI=1S/C36H40N6O6S2/c1-36(2,3)23-18-29(33(46-4)30(19-23)41-50(5,44)45)40-35(43)39-28-10-11-32(27-9-7-6-8-26(27)28)48-25-12-13-37-31(20-25)34-38-24(22-49-34)21-42-14-16-47-17-15-42/h6-13,18-20,22,41H,14-17,21H2,1-5H3,(H2,39,40,43). The van der Waals surface area contributed by atoms with Gasteiger partial charge in [0.15, 0.2) is 5.75 Å². The van der Waals surface area contributed by atoms with Crippen LogP contribution in [-0.4, -0.2) is 69.0 Å². The van der Waals surface area contributed by atoms with E-state index in [0.717, 1.165) is 71.8 Å². The van der Waals surface area contributed by atoms with Gasteiger partial charge in [-0.3, -0.25) is 14.6 Å². The van der Waals surface area contributed by atoms with E-state index in [2.05, 4.69) is 30.6 Å². The molecule has 50 heavy (non-hydrogen) atoms. The number of pyridine rings is 1. The molecule has 6 rings (SSSR count). The molecule has 0 bridgehead atoms. The molecule has 3 N–H and O–H groups in total. The molecule has 0 saturated carbocycles. The van der Waals surface area contributed by atoms with Gasteiger partial charge < -0.3 is 24.8 Å². The summed E-state index contributed by atoms with van der Waals surface area (Å²) in [5.41, 5.74) is 3.28. The highest BCUT2D eigenvalue weighted by atomic mass is 32.2. The zero-order valence-electron chi connectivity index (χ0n) is 28.6. The topological polar surface area (TPSA) is 144 Å². The van der Waals surface area contributed by atoms with Crippen molar-refractivity contribution in [3.05, 3.63) is 83.5 Å². The Bertz CT molecular complexity index is 2120. The first-order valence-corrected chi connectivity index (χ1v) is 18.8. The number of nitrogens with zero attached hydrogens (tertiary/aromatic N) is 3. The second-order valence-electron chi connectivity index (χ2n) is 13.0. The minimum atomic E-state index is -3.62. The largest absolute Gasteiger partial charge is 0.492 e. The third-order valence-corrected chi connectivity index (χ3v) is 9.56. The highest BCUT2D eigenvalue weighted by Crippen LogP contribution is 2.40. The summed E-state index contributed by atoms with van der Waals surface area (Å²) in [6.07, 6.45) is 2.77. The Kier molecular flexibility index (Phi) is 10.3. The lowest BCUT2D eigenvalue weighted by Crippen LogP contribution is -2.35. The maximum Gasteiger partial charge on any atom is 0.323 e. The van der Waals surface area contributed by atoms with Crippen LogP contribution in [0.1, 0.15) is 32.0 Å². The molecule has 262 valence electrons. The normalized spacial score (nSPS) is 13.9. The molecule has 5 aromatic rings. The summed E-state index contributed by atoms with van der Waals surface area (Å²) in [5, 5.41) is 10.2. The van der Waals surface area contributed by atoms with Gasteiger partial charge in [0.05, 0.1) is 49.3 Å². The second-order valence-corrected chi connectivity index (χ2v) is 15.6. The number of hydrogen-bond donors (Lipinski definition) is 3. The highest BCUT2D eigenvalue weighted by Gasteiger charge is 2.23. The van der Waals surface area contributed by atoms with Crippen LogP contribution in [-0.2, 0) is 26.7 Å². The van der Waals surface area contributed by atoms with E-state index < -0.39 is 16.1 Å². The molecule has 0 unspecified atom stereocenters. The quantitative estimate of drug-likeness (QED) is 0.136. The molecule has 3 heterocycles. The molecular weight excluding hydrogens is 677 g/mol. The van der Waals surface area contributed by atoms with Gasteiger partial charge in [-0.05, 0) is 41.3 Å². The molecule has 0 radical (unpaired) electrons. The van der Waals surface area contributed by atoms with Crippen molar-refractivity contribution in [3.63, 3.8) is 0 Å². The number of ether oxygens (including phenoxy) is 3.